The third-order valence-electron chi connectivity index (χ3n) is 5.33. The molecule has 160 valence electrons. The van der Waals surface area contributed by atoms with Gasteiger partial charge in [-0.15, -0.1) is 0 Å². The monoisotopic (exact) mass is 439 g/mol. The van der Waals surface area contributed by atoms with E-state index >= 15 is 0 Å². The van der Waals surface area contributed by atoms with E-state index in [4.69, 9.17) is 14.2 Å². The van der Waals surface area contributed by atoms with Crippen LogP contribution in [0, 0.1) is 0 Å². The van der Waals surface area contributed by atoms with Gasteiger partial charge in [0.15, 0.2) is 5.82 Å². The Bertz CT molecular complexity index is 1230. The summed E-state index contributed by atoms with van der Waals surface area (Å²) in [6, 6.07) is 3.92. The first-order valence-corrected chi connectivity index (χ1v) is 10.4. The van der Waals surface area contributed by atoms with Crippen molar-refractivity contribution < 1.29 is 14.2 Å². The first kappa shape index (κ1) is 19.8. The van der Waals surface area contributed by atoms with Gasteiger partial charge in [0.05, 0.1) is 43.1 Å². The van der Waals surface area contributed by atoms with E-state index in [1.807, 2.05) is 25.4 Å². The zero-order valence-electron chi connectivity index (χ0n) is 17.3. The normalized spacial score (nSPS) is 15.1. The van der Waals surface area contributed by atoms with Gasteiger partial charge < -0.3 is 18.9 Å². The van der Waals surface area contributed by atoms with Crippen LogP contribution in [0.25, 0.3) is 16.7 Å². The predicted octanol–water partition coefficient (Wildman–Crippen LogP) is 2.55. The van der Waals surface area contributed by atoms with Crippen molar-refractivity contribution in [2.24, 2.45) is 7.05 Å². The van der Waals surface area contributed by atoms with E-state index in [1.165, 1.54) is 11.9 Å². The number of hydrogen-bond donors (Lipinski definition) is 1. The molecule has 4 aromatic heterocycles. The average Bonchev–Trinajstić information content (AvgIpc) is 3.39. The lowest BCUT2D eigenvalue weighted by molar-refractivity contribution is -0.202. The van der Waals surface area contributed by atoms with Crippen LogP contribution in [0.1, 0.15) is 5.56 Å². The number of fused-ring (bicyclic) bond motifs is 1. The number of aryl methyl sites for hydroxylation is 1. The van der Waals surface area contributed by atoms with Crippen molar-refractivity contribution in [1.29, 1.82) is 0 Å². The lowest BCUT2D eigenvalue weighted by atomic mass is 9.92. The molecule has 1 fully saturated rings. The van der Waals surface area contributed by atoms with E-state index in [0.717, 1.165) is 27.0 Å². The molecule has 1 aliphatic heterocycles. The standard InChI is InChI=1S/C20H21N7O3S/c1-26-18-13(8-23-26)7-22-19(28-2)17(18)25-31-15-9-24-27(10-15)16-6-14(4-5-21-16)20(29-3)11-30-12-20/h4-10,25H,11-12H2,1-3H3. The molecule has 0 atom stereocenters. The summed E-state index contributed by atoms with van der Waals surface area (Å²) in [5, 5.41) is 9.69. The summed E-state index contributed by atoms with van der Waals surface area (Å²) in [6.45, 7) is 1.07. The van der Waals surface area contributed by atoms with Crippen molar-refractivity contribution >= 4 is 28.5 Å². The number of nitrogens with one attached hydrogen (secondary N) is 1. The van der Waals surface area contributed by atoms with Crippen LogP contribution in [0.3, 0.4) is 0 Å². The average molecular weight is 440 g/mol. The molecular formula is C20H21N7O3S. The topological polar surface area (TPSA) is 101 Å². The van der Waals surface area contributed by atoms with E-state index in [0.29, 0.717) is 24.9 Å². The molecule has 1 aliphatic rings. The highest BCUT2D eigenvalue weighted by Crippen LogP contribution is 2.35. The molecule has 1 saturated heterocycles. The van der Waals surface area contributed by atoms with Crippen molar-refractivity contribution in [2.75, 3.05) is 32.2 Å². The number of methoxy groups -OCH3 is 2. The van der Waals surface area contributed by atoms with Crippen molar-refractivity contribution in [3.05, 3.63) is 48.7 Å². The third-order valence-corrected chi connectivity index (χ3v) is 6.08. The van der Waals surface area contributed by atoms with Gasteiger partial charge in [-0.1, -0.05) is 0 Å². The predicted molar refractivity (Wildman–Crippen MR) is 115 cm³/mol. The van der Waals surface area contributed by atoms with E-state index in [2.05, 4.69) is 24.9 Å². The molecule has 5 heterocycles. The number of ether oxygens (including phenoxy) is 3. The minimum atomic E-state index is -0.407. The number of anilines is 1. The largest absolute Gasteiger partial charge is 0.479 e. The van der Waals surface area contributed by atoms with Crippen LogP contribution in [0.5, 0.6) is 5.88 Å². The van der Waals surface area contributed by atoms with Gasteiger partial charge in [0, 0.05) is 38.1 Å². The highest BCUT2D eigenvalue weighted by Gasteiger charge is 2.40. The zero-order valence-corrected chi connectivity index (χ0v) is 18.1. The lowest BCUT2D eigenvalue weighted by Crippen LogP contribution is -2.48. The molecule has 0 aromatic carbocycles. The summed E-state index contributed by atoms with van der Waals surface area (Å²) in [6.07, 6.45) is 8.95. The number of hydrogen-bond acceptors (Lipinski definition) is 9. The first-order valence-electron chi connectivity index (χ1n) is 9.55. The van der Waals surface area contributed by atoms with Crippen molar-refractivity contribution in [2.45, 2.75) is 10.5 Å². The van der Waals surface area contributed by atoms with Gasteiger partial charge in [-0.2, -0.15) is 10.2 Å². The Labute approximate surface area is 182 Å². The maximum atomic E-state index is 5.68. The highest BCUT2D eigenvalue weighted by molar-refractivity contribution is 8.00. The number of pyridine rings is 2. The summed E-state index contributed by atoms with van der Waals surface area (Å²) in [5.41, 5.74) is 2.28. The number of aromatic nitrogens is 6. The van der Waals surface area contributed by atoms with Gasteiger partial charge in [-0.25, -0.2) is 14.6 Å². The zero-order chi connectivity index (χ0) is 21.4. The molecule has 11 heteroatoms. The van der Waals surface area contributed by atoms with Crippen molar-refractivity contribution in [3.63, 3.8) is 0 Å². The molecule has 5 rings (SSSR count). The Morgan fingerprint density at radius 1 is 1.16 bits per heavy atom. The van der Waals surface area contributed by atoms with E-state index in [1.54, 1.807) is 48.4 Å². The van der Waals surface area contributed by atoms with E-state index in [-0.39, 0.29) is 0 Å². The fourth-order valence-corrected chi connectivity index (χ4v) is 4.16. The molecule has 31 heavy (non-hydrogen) atoms. The van der Waals surface area contributed by atoms with Gasteiger partial charge in [0.2, 0.25) is 5.88 Å². The van der Waals surface area contributed by atoms with Gasteiger partial charge in [0.1, 0.15) is 11.3 Å². The molecule has 0 bridgehead atoms. The minimum Gasteiger partial charge on any atom is -0.479 e. The molecule has 1 N–H and O–H groups in total. The summed E-state index contributed by atoms with van der Waals surface area (Å²) in [4.78, 5) is 9.71. The van der Waals surface area contributed by atoms with Crippen LogP contribution in [-0.2, 0) is 22.1 Å². The molecule has 0 saturated carbocycles. The van der Waals surface area contributed by atoms with E-state index < -0.39 is 5.60 Å². The Morgan fingerprint density at radius 3 is 2.77 bits per heavy atom. The molecular weight excluding hydrogens is 418 g/mol. The van der Waals surface area contributed by atoms with Crippen LogP contribution in [0.4, 0.5) is 5.69 Å². The van der Waals surface area contributed by atoms with Gasteiger partial charge in [0.25, 0.3) is 0 Å². The Hall–Kier alpha value is -3.15. The molecule has 0 aliphatic carbocycles. The van der Waals surface area contributed by atoms with Gasteiger partial charge in [-0.05, 0) is 29.6 Å². The maximum Gasteiger partial charge on any atom is 0.240 e. The summed E-state index contributed by atoms with van der Waals surface area (Å²) in [5.74, 6) is 1.21. The van der Waals surface area contributed by atoms with Crippen LogP contribution >= 0.6 is 11.9 Å². The van der Waals surface area contributed by atoms with Gasteiger partial charge >= 0.3 is 0 Å². The molecule has 0 radical (unpaired) electrons. The number of nitrogens with zero attached hydrogens (tertiary/aromatic N) is 6. The van der Waals surface area contributed by atoms with Crippen LogP contribution < -0.4 is 9.46 Å². The maximum absolute atomic E-state index is 5.68. The lowest BCUT2D eigenvalue weighted by Gasteiger charge is -2.40. The second-order valence-electron chi connectivity index (χ2n) is 7.13. The van der Waals surface area contributed by atoms with E-state index in [9.17, 15) is 0 Å². The molecule has 0 amide bonds. The number of rotatable bonds is 7. The van der Waals surface area contributed by atoms with Gasteiger partial charge in [-0.3, -0.25) is 4.68 Å². The first-order chi connectivity index (χ1) is 15.1. The van der Waals surface area contributed by atoms with Crippen LogP contribution in [0.2, 0.25) is 0 Å². The Morgan fingerprint density at radius 2 is 2.03 bits per heavy atom. The molecule has 4 aromatic rings. The second kappa shape index (κ2) is 7.84. The van der Waals surface area contributed by atoms with Crippen molar-refractivity contribution in [3.8, 4) is 11.7 Å². The van der Waals surface area contributed by atoms with Crippen LogP contribution in [0.15, 0.2) is 48.0 Å². The molecule has 0 unspecified atom stereocenters. The van der Waals surface area contributed by atoms with Crippen molar-refractivity contribution in [1.82, 2.24) is 29.5 Å². The quantitative estimate of drug-likeness (QED) is 0.435. The second-order valence-corrected chi connectivity index (χ2v) is 8.01. The molecule has 0 spiro atoms. The van der Waals surface area contributed by atoms with Crippen LogP contribution in [-0.4, -0.2) is 57.0 Å². The Kier molecular flexibility index (Phi) is 5.00. The fraction of sp³-hybridized carbons (Fsp3) is 0.300. The summed E-state index contributed by atoms with van der Waals surface area (Å²) in [7, 11) is 5.17. The summed E-state index contributed by atoms with van der Waals surface area (Å²) < 4.78 is 23.3. The summed E-state index contributed by atoms with van der Waals surface area (Å²) >= 11 is 1.41. The minimum absolute atomic E-state index is 0.407. The molecule has 10 nitrogen and oxygen atoms in total. The fourth-order valence-electron chi connectivity index (χ4n) is 3.51. The SMILES string of the molecule is COc1ncc2cnn(C)c2c1NSc1cnn(-c2cc(C3(OC)COC3)ccn2)c1. The highest BCUT2D eigenvalue weighted by atomic mass is 32.2. The third kappa shape index (κ3) is 3.40. The Balaban J connectivity index is 1.38. The smallest absolute Gasteiger partial charge is 0.240 e.